The molecule has 0 amide bonds. The van der Waals surface area contributed by atoms with E-state index in [0.717, 1.165) is 11.9 Å². The number of hydrogen-bond donors (Lipinski definition) is 0. The van der Waals surface area contributed by atoms with Crippen LogP contribution in [0.25, 0.3) is 0 Å². The number of nitro groups is 2. The van der Waals surface area contributed by atoms with Crippen molar-refractivity contribution in [3.63, 3.8) is 0 Å². The van der Waals surface area contributed by atoms with E-state index in [4.69, 9.17) is 14.3 Å². The molecule has 12 nitrogen and oxygen atoms in total. The van der Waals surface area contributed by atoms with Crippen molar-refractivity contribution in [3.8, 4) is 0 Å². The van der Waals surface area contributed by atoms with E-state index in [-0.39, 0.29) is 23.5 Å². The molecule has 172 valence electrons. The van der Waals surface area contributed by atoms with E-state index in [1.165, 1.54) is 18.3 Å². The summed E-state index contributed by atoms with van der Waals surface area (Å²) in [5, 5.41) is 20.8. The number of esters is 1. The normalized spacial score (nSPS) is 10.3. The Balaban J connectivity index is 0.000000582. The van der Waals surface area contributed by atoms with Crippen LogP contribution < -0.4 is 0 Å². The van der Waals surface area contributed by atoms with Crippen molar-refractivity contribution in [3.05, 3.63) is 65.1 Å². The van der Waals surface area contributed by atoms with Crippen molar-refractivity contribution in [2.45, 2.75) is 33.1 Å². The first-order chi connectivity index (χ1) is 15.0. The first-order valence-electron chi connectivity index (χ1n) is 8.76. The van der Waals surface area contributed by atoms with Crippen LogP contribution in [0, 0.1) is 27.2 Å². The second-order valence-corrected chi connectivity index (χ2v) is 7.34. The molecule has 0 aliphatic carbocycles. The minimum Gasteiger partial charge on any atom is -0.465 e. The van der Waals surface area contributed by atoms with Crippen LogP contribution in [0.2, 0.25) is 0 Å². The van der Waals surface area contributed by atoms with Gasteiger partial charge >= 0.3 is 12.1 Å². The van der Waals surface area contributed by atoms with Crippen molar-refractivity contribution in [2.24, 2.45) is 0 Å². The van der Waals surface area contributed by atoms with E-state index < -0.39 is 15.8 Å². The lowest BCUT2D eigenvalue weighted by atomic mass is 10.0. The van der Waals surface area contributed by atoms with Gasteiger partial charge in [-0.1, -0.05) is 6.92 Å². The molecule has 0 aliphatic heterocycles. The second-order valence-electron chi connectivity index (χ2n) is 5.63. The summed E-state index contributed by atoms with van der Waals surface area (Å²) >= 11 is 6.35. The Bertz CT molecular complexity index is 997. The quantitative estimate of drug-likeness (QED) is 0.274. The van der Waals surface area contributed by atoms with E-state index in [1.54, 1.807) is 13.8 Å². The van der Waals surface area contributed by atoms with Crippen LogP contribution in [0.3, 0.4) is 0 Å². The Labute approximate surface area is 198 Å². The van der Waals surface area contributed by atoms with Gasteiger partial charge in [0.1, 0.15) is 12.4 Å². The van der Waals surface area contributed by atoms with Crippen molar-refractivity contribution in [2.75, 3.05) is 6.61 Å². The van der Waals surface area contributed by atoms with Gasteiger partial charge in [0.2, 0.25) is 0 Å². The molecule has 0 aliphatic rings. The van der Waals surface area contributed by atoms with Gasteiger partial charge in [0.25, 0.3) is 11.4 Å². The average Bonchev–Trinajstić information content (AvgIpc) is 2.72. The fraction of sp³-hybridized carbons (Fsp3) is 0.333. The Morgan fingerprint density at radius 1 is 1.06 bits per heavy atom. The summed E-state index contributed by atoms with van der Waals surface area (Å²) in [6.07, 6.45) is 3.14. The van der Waals surface area contributed by atoms with Crippen LogP contribution in [0.1, 0.15) is 37.6 Å². The number of nitrogens with zero attached hydrogens (tertiary/aromatic N) is 4. The van der Waals surface area contributed by atoms with E-state index >= 15 is 0 Å². The van der Waals surface area contributed by atoms with Crippen LogP contribution in [0.4, 0.5) is 11.4 Å². The predicted molar refractivity (Wildman–Crippen MR) is 117 cm³/mol. The largest absolute Gasteiger partial charge is 0.465 e. The molecule has 0 N–H and O–H groups in total. The molecule has 0 aromatic carbocycles. The topological polar surface area (TPSA) is 172 Å². The molecule has 32 heavy (non-hydrogen) atoms. The lowest BCUT2D eigenvalue weighted by Crippen LogP contribution is -2.17. The number of hydrogen-bond acceptors (Lipinski definition) is 10. The van der Waals surface area contributed by atoms with Crippen molar-refractivity contribution >= 4 is 55.4 Å². The monoisotopic (exact) mass is 576 g/mol. The first-order valence-corrected chi connectivity index (χ1v) is 10.3. The molecule has 2 rings (SSSR count). The molecule has 0 bridgehead atoms. The number of halogens is 2. The van der Waals surface area contributed by atoms with Crippen LogP contribution in [0.15, 0.2) is 33.5 Å². The molecular weight excluding hydrogens is 560 g/mol. The fourth-order valence-electron chi connectivity index (χ4n) is 2.11. The predicted octanol–water partition coefficient (Wildman–Crippen LogP) is 4.29. The lowest BCUT2D eigenvalue weighted by molar-refractivity contribution is -0.385. The lowest BCUT2D eigenvalue weighted by Gasteiger charge is -2.14. The Kier molecular flexibility index (Phi) is 13.4. The van der Waals surface area contributed by atoms with Gasteiger partial charge in [0, 0.05) is 21.1 Å². The molecule has 0 fully saturated rings. The van der Waals surface area contributed by atoms with Gasteiger partial charge in [-0.2, -0.15) is 9.59 Å². The maximum Gasteiger partial charge on any atom is 0.373 e. The molecule has 14 heteroatoms. The number of ether oxygens (including phenoxy) is 1. The molecule has 1 atom stereocenters. The van der Waals surface area contributed by atoms with Gasteiger partial charge < -0.3 is 4.74 Å². The second kappa shape index (κ2) is 14.8. The number of carbonyl (C=O) groups is 1. The maximum absolute atomic E-state index is 11.7. The van der Waals surface area contributed by atoms with E-state index in [0.29, 0.717) is 27.7 Å². The number of aromatic nitrogens is 2. The third-order valence-corrected chi connectivity index (χ3v) is 5.03. The molecule has 0 radical (unpaired) electrons. The zero-order valence-electron chi connectivity index (χ0n) is 17.1. The standard InChI is InChI=1S/C11H13BrN2O4.C6H5BrN2O2.CO2/c1-3-8(11(15)18-4-2)10-9(12)5-7(6-13-10)14(16)17;1-4-6(7)2-5(3-8-4)9(10)11;2-1-3/h5-6,8H,3-4H2,1-2H3;2-3H,1H3;. The summed E-state index contributed by atoms with van der Waals surface area (Å²) in [4.78, 5) is 55.6. The van der Waals surface area contributed by atoms with Crippen molar-refractivity contribution in [1.29, 1.82) is 0 Å². The third-order valence-electron chi connectivity index (χ3n) is 3.60. The average molecular weight is 578 g/mol. The van der Waals surface area contributed by atoms with Gasteiger partial charge in [-0.15, -0.1) is 0 Å². The fourth-order valence-corrected chi connectivity index (χ4v) is 3.06. The molecule has 0 spiro atoms. The van der Waals surface area contributed by atoms with Crippen LogP contribution >= 0.6 is 31.9 Å². The maximum atomic E-state index is 11.7. The molecule has 2 heterocycles. The SMILES string of the molecule is CCOC(=O)C(CC)c1ncc([N+](=O)[O-])cc1Br.Cc1ncc([N+](=O)[O-])cc1Br.O=C=O. The number of aryl methyl sites for hydroxylation is 1. The van der Waals surface area contributed by atoms with Gasteiger partial charge in [0.05, 0.1) is 33.8 Å². The Morgan fingerprint density at radius 2 is 1.53 bits per heavy atom. The summed E-state index contributed by atoms with van der Waals surface area (Å²) in [6, 6.07) is 2.77. The Morgan fingerprint density at radius 3 is 1.91 bits per heavy atom. The van der Waals surface area contributed by atoms with Gasteiger partial charge in [-0.25, -0.2) is 0 Å². The van der Waals surface area contributed by atoms with Crippen molar-refractivity contribution in [1.82, 2.24) is 9.97 Å². The number of pyridine rings is 2. The van der Waals surface area contributed by atoms with Crippen LogP contribution in [-0.4, -0.2) is 38.5 Å². The first kappa shape index (κ1) is 28.9. The molecule has 2 aromatic rings. The summed E-state index contributed by atoms with van der Waals surface area (Å²) in [5.41, 5.74) is 1.09. The smallest absolute Gasteiger partial charge is 0.373 e. The summed E-state index contributed by atoms with van der Waals surface area (Å²) < 4.78 is 6.05. The highest BCUT2D eigenvalue weighted by atomic mass is 79.9. The third kappa shape index (κ3) is 9.37. The molecule has 0 saturated heterocycles. The van der Waals surface area contributed by atoms with Gasteiger partial charge in [-0.3, -0.25) is 35.0 Å². The molecule has 0 saturated carbocycles. The molecular formula is C18H18Br2N4O8. The molecule has 1 unspecified atom stereocenters. The van der Waals surface area contributed by atoms with Crippen LogP contribution in [0.5, 0.6) is 0 Å². The highest BCUT2D eigenvalue weighted by Crippen LogP contribution is 2.29. The zero-order chi connectivity index (χ0) is 24.8. The summed E-state index contributed by atoms with van der Waals surface area (Å²) in [5.74, 6) is -0.887. The van der Waals surface area contributed by atoms with E-state index in [9.17, 15) is 25.0 Å². The minimum absolute atomic E-state index is 0.00229. The minimum atomic E-state index is -0.535. The number of rotatable bonds is 6. The molecule has 2 aromatic heterocycles. The zero-order valence-corrected chi connectivity index (χ0v) is 20.3. The van der Waals surface area contributed by atoms with E-state index in [1.807, 2.05) is 6.92 Å². The van der Waals surface area contributed by atoms with Crippen LogP contribution in [-0.2, 0) is 19.1 Å². The number of carbonyl (C=O) groups excluding carboxylic acids is 3. The van der Waals surface area contributed by atoms with Gasteiger partial charge in [0.15, 0.2) is 0 Å². The van der Waals surface area contributed by atoms with Crippen molar-refractivity contribution < 1.29 is 29.0 Å². The summed E-state index contributed by atoms with van der Waals surface area (Å²) in [6.45, 7) is 5.62. The van der Waals surface area contributed by atoms with Gasteiger partial charge in [-0.05, 0) is 52.1 Å². The highest BCUT2D eigenvalue weighted by molar-refractivity contribution is 9.10. The summed E-state index contributed by atoms with van der Waals surface area (Å²) in [7, 11) is 0. The highest BCUT2D eigenvalue weighted by Gasteiger charge is 2.25. The Hall–Kier alpha value is -3.09. The van der Waals surface area contributed by atoms with E-state index in [2.05, 4.69) is 41.8 Å².